The molecule has 0 aromatic heterocycles. The number of nitrogens with one attached hydrogen (secondary N) is 1. The van der Waals surface area contributed by atoms with E-state index in [1.165, 1.54) is 19.2 Å². The molecule has 0 heterocycles. The molecule has 1 amide bonds. The summed E-state index contributed by atoms with van der Waals surface area (Å²) in [7, 11) is 1.28. The van der Waals surface area contributed by atoms with Gasteiger partial charge in [-0.15, -0.1) is 0 Å². The van der Waals surface area contributed by atoms with Crippen molar-refractivity contribution in [2.45, 2.75) is 0 Å². The number of nitrogens with two attached hydrogens (primary N) is 1. The van der Waals surface area contributed by atoms with E-state index in [1.807, 2.05) is 0 Å². The van der Waals surface area contributed by atoms with Gasteiger partial charge in [-0.2, -0.15) is 0 Å². The highest BCUT2D eigenvalue weighted by atomic mass is 35.5. The standard InChI is InChI=1S/C15H13ClN2O3/c1-21-15(20)10-4-2-3-5-13(10)18-14(19)9-6-7-11(16)12(17)8-9/h2-8H,17H2,1H3,(H,18,19). The van der Waals surface area contributed by atoms with Crippen LogP contribution in [0.25, 0.3) is 0 Å². The molecule has 21 heavy (non-hydrogen) atoms. The number of carbonyl (C=O) groups excluding carboxylic acids is 2. The van der Waals surface area contributed by atoms with Crippen LogP contribution in [0.1, 0.15) is 20.7 Å². The monoisotopic (exact) mass is 304 g/mol. The third-order valence-electron chi connectivity index (χ3n) is 2.84. The first-order valence-electron chi connectivity index (χ1n) is 6.06. The summed E-state index contributed by atoms with van der Waals surface area (Å²) in [5.74, 6) is -0.920. The molecule has 0 atom stereocenters. The zero-order valence-corrected chi connectivity index (χ0v) is 12.0. The number of para-hydroxylation sites is 1. The van der Waals surface area contributed by atoms with Gasteiger partial charge in [0.05, 0.1) is 29.1 Å². The molecule has 2 aromatic carbocycles. The number of amides is 1. The minimum atomic E-state index is -0.526. The fraction of sp³-hybridized carbons (Fsp3) is 0.0667. The minimum Gasteiger partial charge on any atom is -0.465 e. The zero-order valence-electron chi connectivity index (χ0n) is 11.2. The van der Waals surface area contributed by atoms with Crippen LogP contribution in [0.5, 0.6) is 0 Å². The number of hydrogen-bond acceptors (Lipinski definition) is 4. The fourth-order valence-electron chi connectivity index (χ4n) is 1.76. The molecule has 0 unspecified atom stereocenters. The summed E-state index contributed by atoms with van der Waals surface area (Å²) in [5.41, 5.74) is 6.96. The van der Waals surface area contributed by atoms with Crippen LogP contribution in [0.15, 0.2) is 42.5 Å². The zero-order chi connectivity index (χ0) is 15.4. The molecule has 0 fully saturated rings. The summed E-state index contributed by atoms with van der Waals surface area (Å²) in [5, 5.41) is 3.03. The quantitative estimate of drug-likeness (QED) is 0.674. The Morgan fingerprint density at radius 2 is 1.90 bits per heavy atom. The number of halogens is 1. The molecule has 0 aliphatic rings. The molecule has 2 rings (SSSR count). The summed E-state index contributed by atoms with van der Waals surface area (Å²) >= 11 is 5.81. The summed E-state index contributed by atoms with van der Waals surface area (Å²) in [4.78, 5) is 23.8. The van der Waals surface area contributed by atoms with Crippen LogP contribution in [0.3, 0.4) is 0 Å². The van der Waals surface area contributed by atoms with E-state index in [9.17, 15) is 9.59 Å². The Balaban J connectivity index is 2.27. The van der Waals surface area contributed by atoms with Crippen LogP contribution in [-0.2, 0) is 4.74 Å². The summed E-state index contributed by atoms with van der Waals surface area (Å²) < 4.78 is 4.67. The number of carbonyl (C=O) groups is 2. The van der Waals surface area contributed by atoms with Gasteiger partial charge in [-0.25, -0.2) is 4.79 Å². The van der Waals surface area contributed by atoms with Crippen molar-refractivity contribution < 1.29 is 14.3 Å². The van der Waals surface area contributed by atoms with Gasteiger partial charge in [0, 0.05) is 5.56 Å². The van der Waals surface area contributed by atoms with Crippen LogP contribution in [0, 0.1) is 0 Å². The Kier molecular flexibility index (Phi) is 4.45. The van der Waals surface area contributed by atoms with Gasteiger partial charge in [0.25, 0.3) is 5.91 Å². The van der Waals surface area contributed by atoms with Crippen molar-refractivity contribution in [3.63, 3.8) is 0 Å². The Labute approximate surface area is 126 Å². The Hall–Kier alpha value is -2.53. The maximum absolute atomic E-state index is 12.2. The Morgan fingerprint density at radius 1 is 1.19 bits per heavy atom. The van der Waals surface area contributed by atoms with Crippen molar-refractivity contribution in [3.8, 4) is 0 Å². The van der Waals surface area contributed by atoms with Crippen molar-refractivity contribution in [2.75, 3.05) is 18.2 Å². The van der Waals surface area contributed by atoms with E-state index in [0.717, 1.165) is 0 Å². The predicted octanol–water partition coefficient (Wildman–Crippen LogP) is 2.96. The van der Waals surface area contributed by atoms with Crippen molar-refractivity contribution in [1.82, 2.24) is 0 Å². The van der Waals surface area contributed by atoms with Gasteiger partial charge in [0.15, 0.2) is 0 Å². The third kappa shape index (κ3) is 3.32. The normalized spacial score (nSPS) is 10.0. The topological polar surface area (TPSA) is 81.4 Å². The minimum absolute atomic E-state index is 0.273. The Bertz CT molecular complexity index is 701. The molecule has 0 aliphatic carbocycles. The molecular formula is C15H13ClN2O3. The lowest BCUT2D eigenvalue weighted by Crippen LogP contribution is -2.15. The number of methoxy groups -OCH3 is 1. The van der Waals surface area contributed by atoms with Crippen LogP contribution in [-0.4, -0.2) is 19.0 Å². The van der Waals surface area contributed by atoms with Crippen molar-refractivity contribution in [1.29, 1.82) is 0 Å². The average molecular weight is 305 g/mol. The van der Waals surface area contributed by atoms with Gasteiger partial charge < -0.3 is 15.8 Å². The van der Waals surface area contributed by atoms with E-state index >= 15 is 0 Å². The van der Waals surface area contributed by atoms with Crippen molar-refractivity contribution in [2.24, 2.45) is 0 Å². The highest BCUT2D eigenvalue weighted by molar-refractivity contribution is 6.33. The number of anilines is 2. The van der Waals surface area contributed by atoms with E-state index in [0.29, 0.717) is 22.0 Å². The lowest BCUT2D eigenvalue weighted by Gasteiger charge is -2.10. The Morgan fingerprint density at radius 3 is 2.57 bits per heavy atom. The smallest absolute Gasteiger partial charge is 0.339 e. The first-order valence-corrected chi connectivity index (χ1v) is 6.44. The third-order valence-corrected chi connectivity index (χ3v) is 3.18. The maximum atomic E-state index is 12.2. The van der Waals surface area contributed by atoms with Gasteiger partial charge in [0.2, 0.25) is 0 Å². The molecular weight excluding hydrogens is 292 g/mol. The van der Waals surface area contributed by atoms with Crippen LogP contribution >= 0.6 is 11.6 Å². The van der Waals surface area contributed by atoms with Gasteiger partial charge in [-0.3, -0.25) is 4.79 Å². The molecule has 0 aliphatic heterocycles. The summed E-state index contributed by atoms with van der Waals surface area (Å²) in [6, 6.07) is 11.1. The van der Waals surface area contributed by atoms with Crippen LogP contribution in [0.2, 0.25) is 5.02 Å². The van der Waals surface area contributed by atoms with E-state index < -0.39 is 11.9 Å². The van der Waals surface area contributed by atoms with Gasteiger partial charge >= 0.3 is 5.97 Å². The number of esters is 1. The highest BCUT2D eigenvalue weighted by Crippen LogP contribution is 2.21. The first-order chi connectivity index (χ1) is 10.0. The van der Waals surface area contributed by atoms with Crippen LogP contribution < -0.4 is 11.1 Å². The molecule has 0 spiro atoms. The van der Waals surface area contributed by atoms with E-state index in [2.05, 4.69) is 10.1 Å². The average Bonchev–Trinajstić information content (AvgIpc) is 2.49. The molecule has 5 nitrogen and oxygen atoms in total. The molecule has 3 N–H and O–H groups in total. The van der Waals surface area contributed by atoms with Gasteiger partial charge in [-0.1, -0.05) is 23.7 Å². The molecule has 0 saturated heterocycles. The summed E-state index contributed by atoms with van der Waals surface area (Å²) in [6.07, 6.45) is 0. The first kappa shape index (κ1) is 14.9. The SMILES string of the molecule is COC(=O)c1ccccc1NC(=O)c1ccc(Cl)c(N)c1. The molecule has 0 saturated carbocycles. The number of benzene rings is 2. The van der Waals surface area contributed by atoms with Crippen molar-refractivity contribution >= 4 is 34.9 Å². The number of ether oxygens (including phenoxy) is 1. The van der Waals surface area contributed by atoms with E-state index in [4.69, 9.17) is 17.3 Å². The van der Waals surface area contributed by atoms with Crippen molar-refractivity contribution in [3.05, 3.63) is 58.6 Å². The number of hydrogen-bond donors (Lipinski definition) is 2. The number of nitrogen functional groups attached to an aromatic ring is 1. The maximum Gasteiger partial charge on any atom is 0.339 e. The van der Waals surface area contributed by atoms with E-state index in [1.54, 1.807) is 30.3 Å². The molecule has 0 bridgehead atoms. The van der Waals surface area contributed by atoms with Gasteiger partial charge in [0.1, 0.15) is 0 Å². The molecule has 2 aromatic rings. The second kappa shape index (κ2) is 6.28. The number of rotatable bonds is 3. The summed E-state index contributed by atoms with van der Waals surface area (Å²) in [6.45, 7) is 0. The lowest BCUT2D eigenvalue weighted by atomic mass is 10.1. The molecule has 108 valence electrons. The highest BCUT2D eigenvalue weighted by Gasteiger charge is 2.14. The van der Waals surface area contributed by atoms with Crippen LogP contribution in [0.4, 0.5) is 11.4 Å². The molecule has 6 heteroatoms. The second-order valence-electron chi connectivity index (χ2n) is 4.23. The molecule has 0 radical (unpaired) electrons. The second-order valence-corrected chi connectivity index (χ2v) is 4.63. The lowest BCUT2D eigenvalue weighted by molar-refractivity contribution is 0.0602. The largest absolute Gasteiger partial charge is 0.465 e. The predicted molar refractivity (Wildman–Crippen MR) is 81.6 cm³/mol. The fourth-order valence-corrected chi connectivity index (χ4v) is 1.88. The van der Waals surface area contributed by atoms with Gasteiger partial charge in [-0.05, 0) is 30.3 Å². The van der Waals surface area contributed by atoms with E-state index in [-0.39, 0.29) is 5.56 Å².